The molecule has 1 aromatic heterocycles. The number of hydrogen-bond donors (Lipinski definition) is 2. The third-order valence-electron chi connectivity index (χ3n) is 4.36. The van der Waals surface area contributed by atoms with Crippen molar-refractivity contribution in [3.63, 3.8) is 0 Å². The summed E-state index contributed by atoms with van der Waals surface area (Å²) in [5.74, 6) is -0.0435. The lowest BCUT2D eigenvalue weighted by molar-refractivity contribution is 0.0994. The molecule has 0 saturated carbocycles. The standard InChI is InChI=1S/C16H23N3O2/c17-15(20)13-9-11-5-1-2-7-14(11)19-16(13)21-10-12-6-3-4-8-18-12/h9,12,18H,1-8,10H2,(H2,17,20). The third kappa shape index (κ3) is 3.35. The molecule has 114 valence electrons. The number of carbonyl (C=O) groups excluding carboxylic acids is 1. The van der Waals surface area contributed by atoms with Crippen LogP contribution in [0.1, 0.15) is 53.7 Å². The van der Waals surface area contributed by atoms with Crippen molar-refractivity contribution in [1.82, 2.24) is 10.3 Å². The van der Waals surface area contributed by atoms with E-state index in [1.54, 1.807) is 0 Å². The van der Waals surface area contributed by atoms with Gasteiger partial charge in [0.1, 0.15) is 12.2 Å². The summed E-state index contributed by atoms with van der Waals surface area (Å²) in [7, 11) is 0. The molecule has 1 aromatic rings. The van der Waals surface area contributed by atoms with Crippen LogP contribution in [0.5, 0.6) is 5.88 Å². The first-order valence-corrected chi connectivity index (χ1v) is 7.93. The summed E-state index contributed by atoms with van der Waals surface area (Å²) in [4.78, 5) is 16.2. The number of hydrogen-bond acceptors (Lipinski definition) is 4. The van der Waals surface area contributed by atoms with Gasteiger partial charge < -0.3 is 15.8 Å². The van der Waals surface area contributed by atoms with Gasteiger partial charge in [-0.2, -0.15) is 0 Å². The summed E-state index contributed by atoms with van der Waals surface area (Å²) in [5.41, 5.74) is 8.12. The zero-order chi connectivity index (χ0) is 14.7. The van der Waals surface area contributed by atoms with Crippen LogP contribution in [0, 0.1) is 0 Å². The minimum atomic E-state index is -0.456. The molecular weight excluding hydrogens is 266 g/mol. The molecule has 1 fully saturated rings. The minimum absolute atomic E-state index is 0.345. The Morgan fingerprint density at radius 3 is 2.95 bits per heavy atom. The molecule has 0 spiro atoms. The fourth-order valence-electron chi connectivity index (χ4n) is 3.15. The Bertz CT molecular complexity index is 524. The van der Waals surface area contributed by atoms with Gasteiger partial charge in [0.2, 0.25) is 5.88 Å². The maximum absolute atomic E-state index is 11.6. The predicted molar refractivity (Wildman–Crippen MR) is 80.5 cm³/mol. The van der Waals surface area contributed by atoms with Gasteiger partial charge in [-0.1, -0.05) is 6.42 Å². The van der Waals surface area contributed by atoms with Crippen LogP contribution in [-0.4, -0.2) is 30.1 Å². The van der Waals surface area contributed by atoms with Crippen molar-refractivity contribution < 1.29 is 9.53 Å². The number of aromatic nitrogens is 1. The predicted octanol–water partition coefficient (Wildman–Crippen LogP) is 1.58. The van der Waals surface area contributed by atoms with E-state index in [9.17, 15) is 4.79 Å². The number of nitrogens with one attached hydrogen (secondary N) is 1. The number of fused-ring (bicyclic) bond motifs is 1. The molecular formula is C16H23N3O2. The molecule has 2 heterocycles. The number of rotatable bonds is 4. The molecule has 0 bridgehead atoms. The summed E-state index contributed by atoms with van der Waals surface area (Å²) < 4.78 is 5.83. The monoisotopic (exact) mass is 289 g/mol. The van der Waals surface area contributed by atoms with E-state index < -0.39 is 5.91 Å². The van der Waals surface area contributed by atoms with E-state index in [-0.39, 0.29) is 0 Å². The first-order valence-electron chi connectivity index (χ1n) is 7.93. The molecule has 5 nitrogen and oxygen atoms in total. The van der Waals surface area contributed by atoms with E-state index >= 15 is 0 Å². The minimum Gasteiger partial charge on any atom is -0.475 e. The molecule has 1 aliphatic heterocycles. The second kappa shape index (κ2) is 6.43. The SMILES string of the molecule is NC(=O)c1cc2c(nc1OCC1CCCCN1)CCCC2. The highest BCUT2D eigenvalue weighted by Gasteiger charge is 2.20. The Balaban J connectivity index is 1.77. The lowest BCUT2D eigenvalue weighted by Crippen LogP contribution is -2.38. The van der Waals surface area contributed by atoms with Crippen LogP contribution >= 0.6 is 0 Å². The summed E-state index contributed by atoms with van der Waals surface area (Å²) in [6, 6.07) is 2.23. The van der Waals surface area contributed by atoms with Crippen LogP contribution < -0.4 is 15.8 Å². The van der Waals surface area contributed by atoms with Crippen molar-refractivity contribution in [1.29, 1.82) is 0 Å². The number of primary amides is 1. The highest BCUT2D eigenvalue weighted by molar-refractivity contribution is 5.95. The van der Waals surface area contributed by atoms with E-state index in [4.69, 9.17) is 10.5 Å². The summed E-state index contributed by atoms with van der Waals surface area (Å²) >= 11 is 0. The maximum atomic E-state index is 11.6. The zero-order valence-corrected chi connectivity index (χ0v) is 12.4. The van der Waals surface area contributed by atoms with Gasteiger partial charge in [-0.3, -0.25) is 4.79 Å². The fraction of sp³-hybridized carbons (Fsp3) is 0.625. The quantitative estimate of drug-likeness (QED) is 0.882. The molecule has 3 rings (SSSR count). The van der Waals surface area contributed by atoms with Gasteiger partial charge in [0.25, 0.3) is 5.91 Å². The number of aryl methyl sites for hydroxylation is 2. The average Bonchev–Trinajstić information content (AvgIpc) is 2.53. The second-order valence-corrected chi connectivity index (χ2v) is 5.98. The smallest absolute Gasteiger partial charge is 0.254 e. The summed E-state index contributed by atoms with van der Waals surface area (Å²) in [5, 5.41) is 3.43. The molecule has 1 saturated heterocycles. The molecule has 21 heavy (non-hydrogen) atoms. The van der Waals surface area contributed by atoms with E-state index in [0.717, 1.165) is 49.9 Å². The van der Waals surface area contributed by atoms with Gasteiger partial charge in [0.15, 0.2) is 0 Å². The lowest BCUT2D eigenvalue weighted by Gasteiger charge is -2.24. The highest BCUT2D eigenvalue weighted by Crippen LogP contribution is 2.26. The molecule has 2 aliphatic rings. The topological polar surface area (TPSA) is 77.2 Å². The van der Waals surface area contributed by atoms with Crippen molar-refractivity contribution >= 4 is 5.91 Å². The van der Waals surface area contributed by atoms with E-state index in [2.05, 4.69) is 10.3 Å². The molecule has 0 aromatic carbocycles. The number of pyridine rings is 1. The molecule has 1 atom stereocenters. The molecule has 5 heteroatoms. The summed E-state index contributed by atoms with van der Waals surface area (Å²) in [6.07, 6.45) is 7.80. The van der Waals surface area contributed by atoms with E-state index in [0.29, 0.717) is 24.1 Å². The highest BCUT2D eigenvalue weighted by atomic mass is 16.5. The Morgan fingerprint density at radius 1 is 1.33 bits per heavy atom. The molecule has 1 aliphatic carbocycles. The third-order valence-corrected chi connectivity index (χ3v) is 4.36. The first kappa shape index (κ1) is 14.3. The van der Waals surface area contributed by atoms with Crippen LogP contribution in [0.3, 0.4) is 0 Å². The normalized spacial score (nSPS) is 21.6. The first-order chi connectivity index (χ1) is 10.2. The maximum Gasteiger partial charge on any atom is 0.254 e. The fourth-order valence-corrected chi connectivity index (χ4v) is 3.15. The number of amides is 1. The van der Waals surface area contributed by atoms with Crippen LogP contribution in [0.2, 0.25) is 0 Å². The van der Waals surface area contributed by atoms with Crippen molar-refractivity contribution in [2.75, 3.05) is 13.2 Å². The number of nitrogens with two attached hydrogens (primary N) is 1. The molecule has 0 radical (unpaired) electrons. The summed E-state index contributed by atoms with van der Waals surface area (Å²) in [6.45, 7) is 1.58. The van der Waals surface area contributed by atoms with Gasteiger partial charge in [-0.05, 0) is 56.7 Å². The second-order valence-electron chi connectivity index (χ2n) is 5.98. The van der Waals surface area contributed by atoms with Crippen molar-refractivity contribution in [2.24, 2.45) is 5.73 Å². The van der Waals surface area contributed by atoms with Crippen LogP contribution in [0.15, 0.2) is 6.07 Å². The van der Waals surface area contributed by atoms with Crippen molar-refractivity contribution in [2.45, 2.75) is 51.0 Å². The Kier molecular flexibility index (Phi) is 4.39. The molecule has 1 unspecified atom stereocenters. The number of nitrogens with zero attached hydrogens (tertiary/aromatic N) is 1. The number of ether oxygens (including phenoxy) is 1. The molecule has 3 N–H and O–H groups in total. The number of carbonyl (C=O) groups is 1. The van der Waals surface area contributed by atoms with Crippen molar-refractivity contribution in [3.05, 3.63) is 22.9 Å². The van der Waals surface area contributed by atoms with Gasteiger partial charge in [-0.15, -0.1) is 0 Å². The molecule has 1 amide bonds. The Labute approximate surface area is 125 Å². The number of piperidine rings is 1. The van der Waals surface area contributed by atoms with Crippen LogP contribution in [-0.2, 0) is 12.8 Å². The lowest BCUT2D eigenvalue weighted by atomic mass is 9.95. The van der Waals surface area contributed by atoms with Gasteiger partial charge in [-0.25, -0.2) is 4.98 Å². The van der Waals surface area contributed by atoms with Crippen LogP contribution in [0.25, 0.3) is 0 Å². The Morgan fingerprint density at radius 2 is 2.19 bits per heavy atom. The van der Waals surface area contributed by atoms with Crippen molar-refractivity contribution in [3.8, 4) is 5.88 Å². The Hall–Kier alpha value is -1.62. The largest absolute Gasteiger partial charge is 0.475 e. The van der Waals surface area contributed by atoms with E-state index in [1.807, 2.05) is 6.07 Å². The van der Waals surface area contributed by atoms with E-state index in [1.165, 1.54) is 12.8 Å². The van der Waals surface area contributed by atoms with Gasteiger partial charge >= 0.3 is 0 Å². The van der Waals surface area contributed by atoms with Gasteiger partial charge in [0.05, 0.1) is 0 Å². The average molecular weight is 289 g/mol. The van der Waals surface area contributed by atoms with Crippen LogP contribution in [0.4, 0.5) is 0 Å². The van der Waals surface area contributed by atoms with Gasteiger partial charge in [0, 0.05) is 11.7 Å². The zero-order valence-electron chi connectivity index (χ0n) is 12.4.